The van der Waals surface area contributed by atoms with E-state index in [0.717, 1.165) is 11.3 Å². The molecule has 1 aliphatic heterocycles. The van der Waals surface area contributed by atoms with Crippen molar-refractivity contribution in [2.45, 2.75) is 58.5 Å². The summed E-state index contributed by atoms with van der Waals surface area (Å²) in [7, 11) is 2.01. The molecular formula is C23H35N5O4. The van der Waals surface area contributed by atoms with Gasteiger partial charge < -0.3 is 19.8 Å². The van der Waals surface area contributed by atoms with Gasteiger partial charge in [-0.15, -0.1) is 5.10 Å². The van der Waals surface area contributed by atoms with Gasteiger partial charge in [-0.1, -0.05) is 24.3 Å². The van der Waals surface area contributed by atoms with Crippen LogP contribution in [0.25, 0.3) is 0 Å². The summed E-state index contributed by atoms with van der Waals surface area (Å²) in [5.41, 5.74) is 1.78. The van der Waals surface area contributed by atoms with E-state index >= 15 is 0 Å². The summed E-state index contributed by atoms with van der Waals surface area (Å²) in [6.07, 6.45) is 2.77. The third-order valence-corrected chi connectivity index (χ3v) is 5.90. The number of likely N-dealkylation sites (N-methyl/N-ethyl adjacent to an activating group) is 1. The molecule has 2 N–H and O–H groups in total. The van der Waals surface area contributed by atoms with Crippen LogP contribution in [0.15, 0.2) is 30.5 Å². The second kappa shape index (κ2) is 11.4. The molecule has 0 fully saturated rings. The van der Waals surface area contributed by atoms with Crippen molar-refractivity contribution >= 4 is 5.91 Å². The molecule has 1 aliphatic rings. The Labute approximate surface area is 189 Å². The lowest BCUT2D eigenvalue weighted by Crippen LogP contribution is -2.47. The van der Waals surface area contributed by atoms with Crippen LogP contribution < -0.4 is 0 Å². The van der Waals surface area contributed by atoms with Gasteiger partial charge in [-0.3, -0.25) is 14.4 Å². The predicted octanol–water partition coefficient (Wildman–Crippen LogP) is 1.64. The SMILES string of the molecule is C[C@@H]1CN([C@H](C)CO)C(=O)CCCn2cc(nn2)CO[C@@H]1CN(C)Cc1cccc(O)c1. The zero-order valence-corrected chi connectivity index (χ0v) is 19.2. The van der Waals surface area contributed by atoms with Crippen molar-refractivity contribution in [3.05, 3.63) is 41.7 Å². The maximum Gasteiger partial charge on any atom is 0.222 e. The highest BCUT2D eigenvalue weighted by molar-refractivity contribution is 5.76. The van der Waals surface area contributed by atoms with Gasteiger partial charge in [-0.05, 0) is 38.1 Å². The van der Waals surface area contributed by atoms with Crippen molar-refractivity contribution in [2.24, 2.45) is 5.92 Å². The Balaban J connectivity index is 1.76. The Morgan fingerprint density at radius 2 is 2.19 bits per heavy atom. The highest BCUT2D eigenvalue weighted by atomic mass is 16.5. The molecule has 0 aliphatic carbocycles. The largest absolute Gasteiger partial charge is 0.508 e. The second-order valence-corrected chi connectivity index (χ2v) is 8.85. The Kier molecular flexibility index (Phi) is 8.60. The first-order valence-electron chi connectivity index (χ1n) is 11.2. The standard InChI is InChI=1S/C23H35N5O4/c1-17-11-28(18(2)15-29)23(31)8-5-9-27-13-20(24-25-27)16-32-22(17)14-26(3)12-19-6-4-7-21(30)10-19/h4,6-7,10,13,17-18,22,29-30H,5,8-9,11-12,14-16H2,1-3H3/t17-,18-,22-/m1/s1. The van der Waals surface area contributed by atoms with E-state index in [1.54, 1.807) is 21.7 Å². The van der Waals surface area contributed by atoms with Gasteiger partial charge >= 0.3 is 0 Å². The number of nitrogens with zero attached hydrogens (tertiary/aromatic N) is 5. The number of benzene rings is 1. The van der Waals surface area contributed by atoms with Crippen LogP contribution in [0.5, 0.6) is 5.75 Å². The Morgan fingerprint density at radius 1 is 1.38 bits per heavy atom. The van der Waals surface area contributed by atoms with E-state index in [1.165, 1.54) is 0 Å². The molecule has 3 rings (SSSR count). The molecule has 0 radical (unpaired) electrons. The number of rotatable bonds is 6. The van der Waals surface area contributed by atoms with E-state index in [-0.39, 0.29) is 36.3 Å². The summed E-state index contributed by atoms with van der Waals surface area (Å²) in [5, 5.41) is 27.8. The maximum absolute atomic E-state index is 12.9. The first-order chi connectivity index (χ1) is 15.4. The number of hydrogen-bond donors (Lipinski definition) is 2. The lowest BCUT2D eigenvalue weighted by atomic mass is 10.0. The highest BCUT2D eigenvalue weighted by Gasteiger charge is 2.28. The summed E-state index contributed by atoms with van der Waals surface area (Å²) < 4.78 is 8.03. The zero-order chi connectivity index (χ0) is 23.1. The van der Waals surface area contributed by atoms with Gasteiger partial charge in [0, 0.05) is 38.5 Å². The number of ether oxygens (including phenoxy) is 1. The fraction of sp³-hybridized carbons (Fsp3) is 0.609. The Bertz CT molecular complexity index is 874. The number of aromatic nitrogens is 3. The average molecular weight is 446 g/mol. The van der Waals surface area contributed by atoms with Gasteiger partial charge in [-0.25, -0.2) is 0 Å². The molecule has 1 aromatic carbocycles. The topological polar surface area (TPSA) is 104 Å². The summed E-state index contributed by atoms with van der Waals surface area (Å²) in [5.74, 6) is 0.318. The molecule has 1 aromatic heterocycles. The van der Waals surface area contributed by atoms with Gasteiger partial charge in [0.15, 0.2) is 0 Å². The fourth-order valence-electron chi connectivity index (χ4n) is 4.03. The number of phenolic OH excluding ortho intramolecular Hbond substituents is 1. The second-order valence-electron chi connectivity index (χ2n) is 8.85. The molecule has 0 saturated carbocycles. The van der Waals surface area contributed by atoms with Crippen LogP contribution in [0.2, 0.25) is 0 Å². The van der Waals surface area contributed by atoms with Crippen LogP contribution in [0.4, 0.5) is 0 Å². The van der Waals surface area contributed by atoms with E-state index in [9.17, 15) is 15.0 Å². The average Bonchev–Trinajstić information content (AvgIpc) is 3.21. The smallest absolute Gasteiger partial charge is 0.222 e. The van der Waals surface area contributed by atoms with E-state index < -0.39 is 0 Å². The number of aliphatic hydroxyl groups is 1. The van der Waals surface area contributed by atoms with E-state index in [0.29, 0.717) is 45.6 Å². The van der Waals surface area contributed by atoms with Gasteiger partial charge in [0.05, 0.1) is 31.6 Å². The summed E-state index contributed by atoms with van der Waals surface area (Å²) in [4.78, 5) is 16.8. The summed E-state index contributed by atoms with van der Waals surface area (Å²) >= 11 is 0. The van der Waals surface area contributed by atoms with E-state index in [1.807, 2.05) is 32.3 Å². The van der Waals surface area contributed by atoms with Crippen LogP contribution in [0.1, 0.15) is 37.9 Å². The van der Waals surface area contributed by atoms with Crippen molar-refractivity contribution in [3.8, 4) is 5.75 Å². The molecule has 1 amide bonds. The normalized spacial score (nSPS) is 21.7. The van der Waals surface area contributed by atoms with Crippen molar-refractivity contribution in [1.82, 2.24) is 24.8 Å². The van der Waals surface area contributed by atoms with Gasteiger partial charge in [0.25, 0.3) is 0 Å². The van der Waals surface area contributed by atoms with Crippen molar-refractivity contribution in [3.63, 3.8) is 0 Å². The minimum atomic E-state index is -0.252. The van der Waals surface area contributed by atoms with Crippen LogP contribution in [0, 0.1) is 5.92 Å². The quantitative estimate of drug-likeness (QED) is 0.697. The number of aliphatic hydroxyl groups excluding tert-OH is 1. The lowest BCUT2D eigenvalue weighted by molar-refractivity contribution is -0.136. The Hall–Kier alpha value is -2.49. The van der Waals surface area contributed by atoms with Crippen molar-refractivity contribution < 1.29 is 19.7 Å². The zero-order valence-electron chi connectivity index (χ0n) is 19.2. The van der Waals surface area contributed by atoms with Crippen LogP contribution in [-0.4, -0.2) is 79.8 Å². The van der Waals surface area contributed by atoms with E-state index in [4.69, 9.17) is 4.74 Å². The van der Waals surface area contributed by atoms with Crippen LogP contribution in [0.3, 0.4) is 0 Å². The molecule has 32 heavy (non-hydrogen) atoms. The molecule has 3 atom stereocenters. The first kappa shape index (κ1) is 24.2. The number of hydrogen-bond acceptors (Lipinski definition) is 7. The monoisotopic (exact) mass is 445 g/mol. The molecule has 2 heterocycles. The molecular weight excluding hydrogens is 410 g/mol. The highest BCUT2D eigenvalue weighted by Crippen LogP contribution is 2.19. The molecule has 2 bridgehead atoms. The van der Waals surface area contributed by atoms with Gasteiger partial charge in [0.1, 0.15) is 11.4 Å². The molecule has 9 nitrogen and oxygen atoms in total. The van der Waals surface area contributed by atoms with Gasteiger partial charge in [0.2, 0.25) is 5.91 Å². The van der Waals surface area contributed by atoms with Crippen LogP contribution in [-0.2, 0) is 29.2 Å². The molecule has 0 saturated heterocycles. The number of fused-ring (bicyclic) bond motifs is 2. The van der Waals surface area contributed by atoms with Crippen LogP contribution >= 0.6 is 0 Å². The maximum atomic E-state index is 12.9. The fourth-order valence-corrected chi connectivity index (χ4v) is 4.03. The molecule has 176 valence electrons. The molecule has 0 unspecified atom stereocenters. The first-order valence-corrected chi connectivity index (χ1v) is 11.2. The summed E-state index contributed by atoms with van der Waals surface area (Å²) in [6, 6.07) is 6.97. The van der Waals surface area contributed by atoms with Gasteiger partial charge in [-0.2, -0.15) is 0 Å². The van der Waals surface area contributed by atoms with E-state index in [2.05, 4.69) is 22.1 Å². The number of aryl methyl sites for hydroxylation is 1. The Morgan fingerprint density at radius 3 is 2.94 bits per heavy atom. The summed E-state index contributed by atoms with van der Waals surface area (Å²) in [6.45, 7) is 6.64. The number of phenols is 1. The molecule has 2 aromatic rings. The minimum Gasteiger partial charge on any atom is -0.508 e. The lowest BCUT2D eigenvalue weighted by Gasteiger charge is -2.35. The third kappa shape index (κ3) is 6.75. The van der Waals surface area contributed by atoms with Crippen molar-refractivity contribution in [1.29, 1.82) is 0 Å². The minimum absolute atomic E-state index is 0.0323. The number of carbonyl (C=O) groups is 1. The number of aromatic hydroxyl groups is 1. The van der Waals surface area contributed by atoms with Crippen molar-refractivity contribution in [2.75, 3.05) is 26.7 Å². The molecule has 9 heteroatoms. The predicted molar refractivity (Wildman–Crippen MR) is 120 cm³/mol. The number of amides is 1. The molecule has 0 spiro atoms. The number of carbonyl (C=O) groups excluding carboxylic acids is 1. The third-order valence-electron chi connectivity index (χ3n) is 5.90.